The number of aliphatic hydroxyl groups is 2. The van der Waals surface area contributed by atoms with Gasteiger partial charge in [-0.2, -0.15) is 0 Å². The van der Waals surface area contributed by atoms with Gasteiger partial charge < -0.3 is 20.0 Å². The summed E-state index contributed by atoms with van der Waals surface area (Å²) in [6, 6.07) is 11.5. The summed E-state index contributed by atoms with van der Waals surface area (Å²) in [7, 11) is 0. The molecule has 1 unspecified atom stereocenters. The van der Waals surface area contributed by atoms with Crippen LogP contribution in [0, 0.1) is 5.92 Å². The fourth-order valence-corrected chi connectivity index (χ4v) is 6.48. The van der Waals surface area contributed by atoms with E-state index < -0.39 is 17.6 Å². The standard InChI is InChI=1S/C30H37N5O5/c36-19-21-9-13-34(14-10-21)22-3-1-20(2-4-22)17-33-15-11-30(40,12-16-33)26-7-5-23-24(31-26)18-35(29(23)39)25-6-8-27(37)32-28(25)38/h1-5,7,21,25,36,40H,6,8-19H2,(H,32,37,38). The van der Waals surface area contributed by atoms with Gasteiger partial charge in [0.2, 0.25) is 11.8 Å². The van der Waals surface area contributed by atoms with Crippen LogP contribution in [-0.2, 0) is 28.3 Å². The smallest absolute Gasteiger partial charge is 0.256 e. The number of likely N-dealkylation sites (tertiary alicyclic amines) is 1. The number of hydrogen-bond acceptors (Lipinski definition) is 8. The van der Waals surface area contributed by atoms with Crippen molar-refractivity contribution in [3.63, 3.8) is 0 Å². The van der Waals surface area contributed by atoms with Gasteiger partial charge in [-0.15, -0.1) is 0 Å². The predicted octanol–water partition coefficient (Wildman–Crippen LogP) is 1.53. The molecule has 3 fully saturated rings. The van der Waals surface area contributed by atoms with Gasteiger partial charge in [-0.1, -0.05) is 12.1 Å². The number of piperidine rings is 3. The summed E-state index contributed by atoms with van der Waals surface area (Å²) >= 11 is 0. The third-order valence-corrected chi connectivity index (χ3v) is 9.11. The maximum atomic E-state index is 13.0. The monoisotopic (exact) mass is 547 g/mol. The summed E-state index contributed by atoms with van der Waals surface area (Å²) in [6.45, 7) is 4.72. The van der Waals surface area contributed by atoms with E-state index in [4.69, 9.17) is 4.98 Å². The number of benzene rings is 1. The molecule has 0 spiro atoms. The van der Waals surface area contributed by atoms with Crippen LogP contribution in [0.15, 0.2) is 36.4 Å². The van der Waals surface area contributed by atoms with E-state index >= 15 is 0 Å². The highest BCUT2D eigenvalue weighted by Crippen LogP contribution is 2.35. The number of nitrogens with zero attached hydrogens (tertiary/aromatic N) is 4. The van der Waals surface area contributed by atoms with Crippen molar-refractivity contribution in [2.75, 3.05) is 37.7 Å². The van der Waals surface area contributed by atoms with Crippen molar-refractivity contribution in [1.29, 1.82) is 0 Å². The molecule has 40 heavy (non-hydrogen) atoms. The van der Waals surface area contributed by atoms with E-state index in [1.165, 1.54) is 16.2 Å². The minimum Gasteiger partial charge on any atom is -0.396 e. The molecule has 10 heteroatoms. The Labute approximate surface area is 234 Å². The summed E-state index contributed by atoms with van der Waals surface area (Å²) in [4.78, 5) is 47.8. The van der Waals surface area contributed by atoms with Crippen molar-refractivity contribution in [3.05, 3.63) is 58.9 Å². The minimum atomic E-state index is -1.07. The van der Waals surface area contributed by atoms with E-state index in [1.54, 1.807) is 12.1 Å². The molecular weight excluding hydrogens is 510 g/mol. The number of amides is 3. The topological polar surface area (TPSA) is 126 Å². The third kappa shape index (κ3) is 5.23. The van der Waals surface area contributed by atoms with Crippen LogP contribution in [0.4, 0.5) is 5.69 Å². The van der Waals surface area contributed by atoms with Crippen molar-refractivity contribution in [3.8, 4) is 0 Å². The van der Waals surface area contributed by atoms with Crippen LogP contribution in [0.5, 0.6) is 0 Å². The van der Waals surface area contributed by atoms with E-state index in [-0.39, 0.29) is 31.4 Å². The molecule has 0 bridgehead atoms. The average molecular weight is 548 g/mol. The van der Waals surface area contributed by atoms with Crippen molar-refractivity contribution in [2.45, 2.75) is 63.3 Å². The first-order valence-electron chi connectivity index (χ1n) is 14.4. The molecule has 3 saturated heterocycles. The van der Waals surface area contributed by atoms with Gasteiger partial charge >= 0.3 is 0 Å². The molecule has 1 aromatic carbocycles. The lowest BCUT2D eigenvalue weighted by Crippen LogP contribution is -2.52. The summed E-state index contributed by atoms with van der Waals surface area (Å²) in [5.74, 6) is -0.589. The molecule has 212 valence electrons. The number of rotatable bonds is 6. The number of carbonyl (C=O) groups is 3. The van der Waals surface area contributed by atoms with Gasteiger partial charge in [0.25, 0.3) is 5.91 Å². The first-order chi connectivity index (χ1) is 19.3. The molecular formula is C30H37N5O5. The highest BCUT2D eigenvalue weighted by atomic mass is 16.3. The van der Waals surface area contributed by atoms with Crippen LogP contribution < -0.4 is 10.2 Å². The molecule has 5 heterocycles. The molecule has 1 atom stereocenters. The first kappa shape index (κ1) is 26.9. The lowest BCUT2D eigenvalue weighted by atomic mass is 9.87. The first-order valence-corrected chi connectivity index (χ1v) is 14.4. The number of aliphatic hydroxyl groups excluding tert-OH is 1. The van der Waals surface area contributed by atoms with E-state index in [0.29, 0.717) is 42.1 Å². The normalized spacial score (nSPS) is 23.9. The molecule has 10 nitrogen and oxygen atoms in total. The molecule has 1 aromatic heterocycles. The Balaban J connectivity index is 1.05. The van der Waals surface area contributed by atoms with Gasteiger partial charge in [-0.3, -0.25) is 29.6 Å². The maximum Gasteiger partial charge on any atom is 0.256 e. The van der Waals surface area contributed by atoms with Crippen LogP contribution >= 0.6 is 0 Å². The predicted molar refractivity (Wildman–Crippen MR) is 147 cm³/mol. The summed E-state index contributed by atoms with van der Waals surface area (Å²) in [5.41, 5.74) is 2.99. The molecule has 4 aliphatic heterocycles. The number of anilines is 1. The molecule has 0 saturated carbocycles. The summed E-state index contributed by atoms with van der Waals surface area (Å²) in [6.07, 6.45) is 3.66. The van der Waals surface area contributed by atoms with E-state index in [2.05, 4.69) is 39.4 Å². The van der Waals surface area contributed by atoms with E-state index in [9.17, 15) is 24.6 Å². The Morgan fingerprint density at radius 2 is 1.68 bits per heavy atom. The largest absolute Gasteiger partial charge is 0.396 e. The van der Waals surface area contributed by atoms with Crippen molar-refractivity contribution in [1.82, 2.24) is 20.1 Å². The van der Waals surface area contributed by atoms with Crippen LogP contribution in [0.3, 0.4) is 0 Å². The zero-order valence-corrected chi connectivity index (χ0v) is 22.7. The molecule has 4 aliphatic rings. The fraction of sp³-hybridized carbons (Fsp3) is 0.533. The number of imide groups is 1. The lowest BCUT2D eigenvalue weighted by molar-refractivity contribution is -0.136. The summed E-state index contributed by atoms with van der Waals surface area (Å²) < 4.78 is 0. The van der Waals surface area contributed by atoms with Gasteiger partial charge in [0.15, 0.2) is 0 Å². The average Bonchev–Trinajstić information content (AvgIpc) is 3.30. The van der Waals surface area contributed by atoms with Crippen molar-refractivity contribution < 1.29 is 24.6 Å². The number of fused-ring (bicyclic) bond motifs is 1. The van der Waals surface area contributed by atoms with E-state index in [0.717, 1.165) is 45.6 Å². The van der Waals surface area contributed by atoms with Crippen LogP contribution in [0.1, 0.15) is 65.8 Å². The zero-order chi connectivity index (χ0) is 27.9. The second kappa shape index (κ2) is 10.9. The Kier molecular flexibility index (Phi) is 7.33. The quantitative estimate of drug-likeness (QED) is 0.465. The number of pyridine rings is 1. The van der Waals surface area contributed by atoms with Crippen LogP contribution in [0.2, 0.25) is 0 Å². The van der Waals surface area contributed by atoms with Crippen molar-refractivity contribution in [2.24, 2.45) is 5.92 Å². The Hall–Kier alpha value is -3.34. The highest BCUT2D eigenvalue weighted by molar-refractivity contribution is 6.05. The Bertz CT molecular complexity index is 1280. The number of hydrogen-bond donors (Lipinski definition) is 3. The van der Waals surface area contributed by atoms with Gasteiger partial charge in [0.1, 0.15) is 11.6 Å². The van der Waals surface area contributed by atoms with Crippen LogP contribution in [0.25, 0.3) is 0 Å². The molecule has 0 radical (unpaired) electrons. The molecule has 3 amide bonds. The Morgan fingerprint density at radius 1 is 0.950 bits per heavy atom. The van der Waals surface area contributed by atoms with Gasteiger partial charge in [0, 0.05) is 51.4 Å². The van der Waals surface area contributed by atoms with Crippen LogP contribution in [-0.4, -0.2) is 81.5 Å². The molecule has 2 aromatic rings. The third-order valence-electron chi connectivity index (χ3n) is 9.11. The molecule has 6 rings (SSSR count). The minimum absolute atomic E-state index is 0.200. The second-order valence-electron chi connectivity index (χ2n) is 11.7. The SMILES string of the molecule is O=C1CCC(N2Cc3nc(C4(O)CCN(Cc5ccc(N6CCC(CO)CC6)cc5)CC4)ccc3C2=O)C(=O)N1. The Morgan fingerprint density at radius 3 is 2.35 bits per heavy atom. The fourth-order valence-electron chi connectivity index (χ4n) is 6.48. The maximum absolute atomic E-state index is 13.0. The second-order valence-corrected chi connectivity index (χ2v) is 11.7. The zero-order valence-electron chi connectivity index (χ0n) is 22.7. The number of nitrogens with one attached hydrogen (secondary N) is 1. The lowest BCUT2D eigenvalue weighted by Gasteiger charge is -2.38. The number of aromatic nitrogens is 1. The highest BCUT2D eigenvalue weighted by Gasteiger charge is 2.41. The van der Waals surface area contributed by atoms with E-state index in [1.807, 2.05) is 0 Å². The van der Waals surface area contributed by atoms with Gasteiger partial charge in [-0.25, -0.2) is 0 Å². The van der Waals surface area contributed by atoms with Gasteiger partial charge in [0.05, 0.1) is 23.5 Å². The number of carbonyl (C=O) groups excluding carboxylic acids is 3. The molecule has 0 aliphatic carbocycles. The van der Waals surface area contributed by atoms with Crippen molar-refractivity contribution >= 4 is 23.4 Å². The molecule has 3 N–H and O–H groups in total. The summed E-state index contributed by atoms with van der Waals surface area (Å²) in [5, 5.41) is 23.2. The van der Waals surface area contributed by atoms with Gasteiger partial charge in [-0.05, 0) is 67.9 Å².